The number of carboxylic acids is 2. The van der Waals surface area contributed by atoms with Crippen LogP contribution in [0.5, 0.6) is 5.75 Å². The van der Waals surface area contributed by atoms with Crippen molar-refractivity contribution in [2.45, 2.75) is 95.9 Å². The Kier molecular flexibility index (Phi) is 22.0. The maximum Gasteiger partial charge on any atom is 0.305 e. The number of hydrogen-bond donors (Lipinski definition) is 12. The number of carboxylic acid groups (broad SMARTS) is 2. The molecular weight excluding hydrogens is 684 g/mol. The number of nitrogens with zero attached hydrogens (tertiary/aromatic N) is 1. The first-order valence-corrected chi connectivity index (χ1v) is 16.5. The SMILES string of the molecule is CC(=O)O.CC(C)[C@H](NC(=O)[C@H](CC(=O)O)NC(=O)[C@H](CCCCN)NC(=O)[C@@H](N)CCCN=C(N)N)C(=O)N[C@@H](Cc1ccc(O)cc1)C(N)=O. The Morgan fingerprint density at radius 3 is 1.79 bits per heavy atom. The molecule has 0 fully saturated rings. The first-order chi connectivity index (χ1) is 24.3. The average molecular weight is 739 g/mol. The molecule has 20 nitrogen and oxygen atoms in total. The van der Waals surface area contributed by atoms with Crippen LogP contribution in [0.4, 0.5) is 0 Å². The Labute approximate surface area is 301 Å². The average Bonchev–Trinajstić information content (AvgIpc) is 3.04. The number of aliphatic carboxylic acids is 2. The van der Waals surface area contributed by atoms with E-state index < -0.39 is 84.0 Å². The first kappa shape index (κ1) is 46.5. The van der Waals surface area contributed by atoms with Gasteiger partial charge in [0.1, 0.15) is 29.9 Å². The van der Waals surface area contributed by atoms with Gasteiger partial charge in [-0.05, 0) is 62.3 Å². The van der Waals surface area contributed by atoms with Gasteiger partial charge in [0.15, 0.2) is 5.96 Å². The molecule has 0 bridgehead atoms. The fraction of sp³-hybridized carbons (Fsp3) is 0.562. The highest BCUT2D eigenvalue weighted by molar-refractivity contribution is 5.97. The normalized spacial score (nSPS) is 13.4. The molecular formula is C32H54N10O10. The van der Waals surface area contributed by atoms with Gasteiger partial charge in [-0.3, -0.25) is 38.6 Å². The van der Waals surface area contributed by atoms with Crippen LogP contribution in [-0.4, -0.2) is 106 Å². The second kappa shape index (κ2) is 24.6. The summed E-state index contributed by atoms with van der Waals surface area (Å²) in [5.41, 5.74) is 28.2. The van der Waals surface area contributed by atoms with Gasteiger partial charge in [0.05, 0.1) is 12.5 Å². The summed E-state index contributed by atoms with van der Waals surface area (Å²) >= 11 is 0. The lowest BCUT2D eigenvalue weighted by atomic mass is 10.00. The number of aromatic hydroxyl groups is 1. The summed E-state index contributed by atoms with van der Waals surface area (Å²) in [6.45, 7) is 4.86. The van der Waals surface area contributed by atoms with Crippen LogP contribution in [0.3, 0.4) is 0 Å². The number of nitrogens with two attached hydrogens (primary N) is 5. The molecule has 0 spiro atoms. The number of carbonyl (C=O) groups excluding carboxylic acids is 5. The number of benzene rings is 1. The van der Waals surface area contributed by atoms with E-state index in [-0.39, 0.29) is 37.5 Å². The maximum absolute atomic E-state index is 13.3. The van der Waals surface area contributed by atoms with Crippen molar-refractivity contribution in [1.82, 2.24) is 21.3 Å². The van der Waals surface area contributed by atoms with Crippen molar-refractivity contribution < 1.29 is 48.9 Å². The molecule has 0 saturated heterocycles. The Hall–Kier alpha value is -5.50. The fourth-order valence-corrected chi connectivity index (χ4v) is 4.49. The van der Waals surface area contributed by atoms with Gasteiger partial charge in [-0.1, -0.05) is 26.0 Å². The van der Waals surface area contributed by atoms with E-state index in [0.29, 0.717) is 31.4 Å². The van der Waals surface area contributed by atoms with Crippen LogP contribution in [0.15, 0.2) is 29.3 Å². The minimum absolute atomic E-state index is 0.00496. The van der Waals surface area contributed by atoms with Crippen molar-refractivity contribution >= 4 is 47.4 Å². The van der Waals surface area contributed by atoms with Crippen LogP contribution in [0.2, 0.25) is 0 Å². The summed E-state index contributed by atoms with van der Waals surface area (Å²) in [6, 6.07) is -0.362. The number of aliphatic imine (C=N–C) groups is 1. The first-order valence-electron chi connectivity index (χ1n) is 16.5. The van der Waals surface area contributed by atoms with Gasteiger partial charge in [0.25, 0.3) is 5.97 Å². The van der Waals surface area contributed by atoms with E-state index in [4.69, 9.17) is 38.6 Å². The number of hydrogen-bond acceptors (Lipinski definition) is 11. The van der Waals surface area contributed by atoms with Crippen molar-refractivity contribution in [2.75, 3.05) is 13.1 Å². The van der Waals surface area contributed by atoms with E-state index in [9.17, 15) is 39.0 Å². The summed E-state index contributed by atoms with van der Waals surface area (Å²) in [5, 5.41) is 36.3. The summed E-state index contributed by atoms with van der Waals surface area (Å²) < 4.78 is 0. The van der Waals surface area contributed by atoms with E-state index in [1.54, 1.807) is 26.0 Å². The second-order valence-electron chi connectivity index (χ2n) is 12.1. The number of guanidine groups is 1. The number of amides is 5. The topological polar surface area (TPSA) is 371 Å². The minimum atomic E-state index is -1.64. The van der Waals surface area contributed by atoms with Gasteiger partial charge in [0, 0.05) is 19.9 Å². The Balaban J connectivity index is 0.00000615. The monoisotopic (exact) mass is 738 g/mol. The van der Waals surface area contributed by atoms with Crippen LogP contribution in [0, 0.1) is 5.92 Å². The Bertz CT molecular complexity index is 1370. The highest BCUT2D eigenvalue weighted by atomic mass is 16.4. The molecule has 0 aliphatic rings. The smallest absolute Gasteiger partial charge is 0.305 e. The highest BCUT2D eigenvalue weighted by Crippen LogP contribution is 2.12. The third-order valence-corrected chi connectivity index (χ3v) is 7.18. The zero-order valence-corrected chi connectivity index (χ0v) is 29.7. The molecule has 292 valence electrons. The van der Waals surface area contributed by atoms with E-state index in [0.717, 1.165) is 6.92 Å². The summed E-state index contributed by atoms with van der Waals surface area (Å²) in [4.78, 5) is 89.4. The zero-order valence-electron chi connectivity index (χ0n) is 29.7. The van der Waals surface area contributed by atoms with Crippen LogP contribution in [-0.2, 0) is 40.0 Å². The number of rotatable bonds is 22. The van der Waals surface area contributed by atoms with Crippen molar-refractivity contribution in [3.8, 4) is 5.75 Å². The number of phenolic OH excluding ortho intramolecular Hbond substituents is 1. The molecule has 5 atom stereocenters. The Morgan fingerprint density at radius 1 is 0.750 bits per heavy atom. The molecule has 0 unspecified atom stereocenters. The maximum atomic E-state index is 13.3. The Morgan fingerprint density at radius 2 is 1.29 bits per heavy atom. The number of nitrogens with one attached hydrogen (secondary N) is 4. The summed E-state index contributed by atoms with van der Waals surface area (Å²) in [7, 11) is 0. The molecule has 0 saturated carbocycles. The standard InChI is InChI=1S/C30H50N10O8.C2H4O2/c1-16(2)24(29(48)38-21(25(33)44)14-17-8-10-18(41)11-9-17)40-28(47)22(15-23(42)43)39-27(46)20(7-3-4-12-31)37-26(45)19(32)6-5-13-36-30(34)35;1-2(3)4/h8-11,16,19-22,24,41H,3-7,12-15,31-32H2,1-2H3,(H2,33,44)(H,37,45)(H,38,48)(H,39,46)(H,40,47)(H,42,43)(H4,34,35,36);1H3,(H,3,4)/t19-,20-,21-,22-,24-;/m0./s1. The molecule has 20 heteroatoms. The lowest BCUT2D eigenvalue weighted by Gasteiger charge is -2.27. The quantitative estimate of drug-likeness (QED) is 0.0322. The van der Waals surface area contributed by atoms with E-state index in [2.05, 4.69) is 26.3 Å². The van der Waals surface area contributed by atoms with Gasteiger partial charge in [-0.15, -0.1) is 0 Å². The van der Waals surface area contributed by atoms with Crippen LogP contribution in [0.1, 0.15) is 64.9 Å². The fourth-order valence-electron chi connectivity index (χ4n) is 4.49. The molecule has 0 aliphatic heterocycles. The molecule has 5 amide bonds. The number of phenols is 1. The molecule has 0 heterocycles. The second-order valence-corrected chi connectivity index (χ2v) is 12.1. The van der Waals surface area contributed by atoms with Gasteiger partial charge < -0.3 is 65.3 Å². The number of carbonyl (C=O) groups is 7. The van der Waals surface area contributed by atoms with Crippen molar-refractivity contribution in [3.05, 3.63) is 29.8 Å². The van der Waals surface area contributed by atoms with Crippen LogP contribution < -0.4 is 49.9 Å². The van der Waals surface area contributed by atoms with E-state index in [1.807, 2.05) is 0 Å². The van der Waals surface area contributed by atoms with Gasteiger partial charge in [-0.25, -0.2) is 0 Å². The lowest BCUT2D eigenvalue weighted by Crippen LogP contribution is -2.60. The van der Waals surface area contributed by atoms with Crippen molar-refractivity contribution in [1.29, 1.82) is 0 Å². The molecule has 0 radical (unpaired) electrons. The number of unbranched alkanes of at least 4 members (excludes halogenated alkanes) is 1. The molecule has 17 N–H and O–H groups in total. The largest absolute Gasteiger partial charge is 0.508 e. The van der Waals surface area contributed by atoms with E-state index >= 15 is 0 Å². The van der Waals surface area contributed by atoms with E-state index in [1.165, 1.54) is 12.1 Å². The van der Waals surface area contributed by atoms with Gasteiger partial charge in [0.2, 0.25) is 29.5 Å². The predicted molar refractivity (Wildman–Crippen MR) is 190 cm³/mol. The van der Waals surface area contributed by atoms with Gasteiger partial charge >= 0.3 is 5.97 Å². The summed E-state index contributed by atoms with van der Waals surface area (Å²) in [5.74, 6) is -7.01. The summed E-state index contributed by atoms with van der Waals surface area (Å²) in [6.07, 6.45) is 0.798. The molecule has 0 aromatic heterocycles. The lowest BCUT2D eigenvalue weighted by molar-refractivity contribution is -0.141. The highest BCUT2D eigenvalue weighted by Gasteiger charge is 2.33. The van der Waals surface area contributed by atoms with Crippen molar-refractivity contribution in [3.63, 3.8) is 0 Å². The third-order valence-electron chi connectivity index (χ3n) is 7.18. The molecule has 1 rings (SSSR count). The minimum Gasteiger partial charge on any atom is -0.508 e. The molecule has 1 aromatic rings. The molecule has 52 heavy (non-hydrogen) atoms. The third kappa shape index (κ3) is 20.2. The molecule has 1 aromatic carbocycles. The van der Waals surface area contributed by atoms with Crippen LogP contribution in [0.25, 0.3) is 0 Å². The zero-order chi connectivity index (χ0) is 40.0. The number of primary amides is 1. The van der Waals surface area contributed by atoms with Crippen molar-refractivity contribution in [2.24, 2.45) is 39.6 Å². The van der Waals surface area contributed by atoms with Crippen LogP contribution >= 0.6 is 0 Å². The predicted octanol–water partition coefficient (Wildman–Crippen LogP) is -2.91. The molecule has 0 aliphatic carbocycles. The van der Waals surface area contributed by atoms with Gasteiger partial charge in [-0.2, -0.15) is 0 Å².